The molecule has 190 valence electrons. The first-order valence-corrected chi connectivity index (χ1v) is 12.6. The summed E-state index contributed by atoms with van der Waals surface area (Å²) in [6.45, 7) is 4.41. The molecule has 6 rings (SSSR count). The van der Waals surface area contributed by atoms with Crippen LogP contribution in [0.4, 0.5) is 10.5 Å². The van der Waals surface area contributed by atoms with Crippen LogP contribution in [0.1, 0.15) is 34.1 Å². The number of aryl methyl sites for hydroxylation is 2. The van der Waals surface area contributed by atoms with Crippen molar-refractivity contribution >= 4 is 11.7 Å². The van der Waals surface area contributed by atoms with Crippen LogP contribution in [0.2, 0.25) is 0 Å². The Labute approximate surface area is 221 Å². The number of hydrogen-bond donors (Lipinski definition) is 1. The molecule has 7 heteroatoms. The van der Waals surface area contributed by atoms with Gasteiger partial charge in [-0.2, -0.15) is 5.10 Å². The Bertz CT molecular complexity index is 1600. The van der Waals surface area contributed by atoms with Crippen LogP contribution in [0.5, 0.6) is 5.75 Å². The third-order valence-electron chi connectivity index (χ3n) is 7.05. The fraction of sp³-hybridized carbons (Fsp3) is 0.161. The van der Waals surface area contributed by atoms with E-state index in [1.54, 1.807) is 7.11 Å². The summed E-state index contributed by atoms with van der Waals surface area (Å²) in [5.74, 6) is 1.71. The van der Waals surface area contributed by atoms with E-state index in [4.69, 9.17) is 9.84 Å². The van der Waals surface area contributed by atoms with E-state index in [1.807, 2.05) is 115 Å². The number of fused-ring (bicyclic) bond motifs is 3. The lowest BCUT2D eigenvalue weighted by molar-refractivity contribution is 0.194. The molecule has 5 aromatic rings. The number of urea groups is 1. The Hall–Kier alpha value is -4.78. The van der Waals surface area contributed by atoms with Crippen LogP contribution >= 0.6 is 0 Å². The zero-order valence-electron chi connectivity index (χ0n) is 21.6. The number of carbonyl (C=O) groups excluding carboxylic acids is 1. The van der Waals surface area contributed by atoms with Crippen molar-refractivity contribution in [2.24, 2.45) is 0 Å². The lowest BCUT2D eigenvalue weighted by Crippen LogP contribution is -2.38. The summed E-state index contributed by atoms with van der Waals surface area (Å²) in [5, 5.41) is 8.05. The summed E-state index contributed by atoms with van der Waals surface area (Å²) in [4.78, 5) is 15.9. The molecule has 2 amide bonds. The Kier molecular flexibility index (Phi) is 5.96. The molecule has 1 aliphatic rings. The monoisotopic (exact) mass is 503 g/mol. The number of benzene rings is 3. The smallest absolute Gasteiger partial charge is 0.322 e. The topological polar surface area (TPSA) is 64.3 Å². The lowest BCUT2D eigenvalue weighted by Gasteiger charge is -2.31. The first-order chi connectivity index (χ1) is 18.5. The molecule has 0 aliphatic carbocycles. The Morgan fingerprint density at radius 1 is 0.947 bits per heavy atom. The van der Waals surface area contributed by atoms with Crippen LogP contribution < -0.4 is 10.1 Å². The van der Waals surface area contributed by atoms with Crippen molar-refractivity contribution in [3.8, 4) is 17.3 Å². The molecule has 38 heavy (non-hydrogen) atoms. The number of ether oxygens (including phenoxy) is 1. The fourth-order valence-electron chi connectivity index (χ4n) is 5.20. The number of aromatic nitrogens is 3. The third-order valence-corrected chi connectivity index (χ3v) is 7.05. The SMILES string of the molecule is COc1ccc([C@H]2c3cccn3-c3c(c(C)nn3-c3ccccc3)CN2C(=O)Nc2cccc(C)c2)cc1. The average Bonchev–Trinajstić information content (AvgIpc) is 3.49. The van der Waals surface area contributed by atoms with Gasteiger partial charge in [0.1, 0.15) is 11.6 Å². The van der Waals surface area contributed by atoms with Crippen molar-refractivity contribution < 1.29 is 9.53 Å². The van der Waals surface area contributed by atoms with Gasteiger partial charge in [-0.1, -0.05) is 42.5 Å². The molecule has 1 aliphatic heterocycles. The summed E-state index contributed by atoms with van der Waals surface area (Å²) in [6, 6.07) is 29.5. The molecule has 0 radical (unpaired) electrons. The van der Waals surface area contributed by atoms with Crippen LogP contribution in [0.25, 0.3) is 11.5 Å². The highest BCUT2D eigenvalue weighted by Crippen LogP contribution is 2.39. The van der Waals surface area contributed by atoms with Crippen molar-refractivity contribution in [3.05, 3.63) is 125 Å². The zero-order valence-corrected chi connectivity index (χ0v) is 21.6. The fourth-order valence-corrected chi connectivity index (χ4v) is 5.20. The number of anilines is 1. The minimum atomic E-state index is -0.336. The van der Waals surface area contributed by atoms with Gasteiger partial charge in [-0.15, -0.1) is 0 Å². The van der Waals surface area contributed by atoms with Gasteiger partial charge >= 0.3 is 6.03 Å². The van der Waals surface area contributed by atoms with E-state index in [9.17, 15) is 4.79 Å². The number of rotatable bonds is 4. The van der Waals surface area contributed by atoms with Gasteiger partial charge in [-0.25, -0.2) is 9.48 Å². The first-order valence-electron chi connectivity index (χ1n) is 12.6. The van der Waals surface area contributed by atoms with Crippen LogP contribution in [0, 0.1) is 13.8 Å². The summed E-state index contributed by atoms with van der Waals surface area (Å²) in [5.41, 5.74) is 6.67. The average molecular weight is 504 g/mol. The number of carbonyl (C=O) groups is 1. The molecule has 1 N–H and O–H groups in total. The van der Waals surface area contributed by atoms with Gasteiger partial charge in [0.05, 0.1) is 36.8 Å². The molecule has 2 aromatic heterocycles. The molecular formula is C31H29N5O2. The molecule has 7 nitrogen and oxygen atoms in total. The Balaban J connectivity index is 1.53. The van der Waals surface area contributed by atoms with E-state index in [1.165, 1.54) is 0 Å². The van der Waals surface area contributed by atoms with Crippen molar-refractivity contribution in [2.75, 3.05) is 12.4 Å². The second-order valence-corrected chi connectivity index (χ2v) is 9.54. The molecule has 0 saturated heterocycles. The highest BCUT2D eigenvalue weighted by Gasteiger charge is 2.36. The number of amides is 2. The Morgan fingerprint density at radius 3 is 2.47 bits per heavy atom. The summed E-state index contributed by atoms with van der Waals surface area (Å²) >= 11 is 0. The third kappa shape index (κ3) is 4.12. The highest BCUT2D eigenvalue weighted by atomic mass is 16.5. The van der Waals surface area contributed by atoms with E-state index in [2.05, 4.69) is 16.0 Å². The number of para-hydroxylation sites is 1. The number of nitrogens with zero attached hydrogens (tertiary/aromatic N) is 4. The minimum absolute atomic E-state index is 0.177. The van der Waals surface area contributed by atoms with Crippen molar-refractivity contribution in [2.45, 2.75) is 26.4 Å². The zero-order chi connectivity index (χ0) is 26.2. The number of hydrogen-bond acceptors (Lipinski definition) is 3. The van der Waals surface area contributed by atoms with E-state index in [0.717, 1.165) is 51.0 Å². The molecule has 0 saturated carbocycles. The van der Waals surface area contributed by atoms with Crippen molar-refractivity contribution in [3.63, 3.8) is 0 Å². The van der Waals surface area contributed by atoms with Crippen LogP contribution in [0.15, 0.2) is 97.2 Å². The molecular weight excluding hydrogens is 474 g/mol. The summed E-state index contributed by atoms with van der Waals surface area (Å²) < 4.78 is 9.55. The second-order valence-electron chi connectivity index (χ2n) is 9.54. The highest BCUT2D eigenvalue weighted by molar-refractivity contribution is 5.90. The largest absolute Gasteiger partial charge is 0.497 e. The lowest BCUT2D eigenvalue weighted by atomic mass is 10.0. The van der Waals surface area contributed by atoms with Gasteiger partial charge in [0.25, 0.3) is 0 Å². The van der Waals surface area contributed by atoms with Crippen LogP contribution in [-0.4, -0.2) is 32.4 Å². The normalized spacial score (nSPS) is 14.4. The maximum absolute atomic E-state index is 14.0. The number of nitrogens with one attached hydrogen (secondary N) is 1. The predicted octanol–water partition coefficient (Wildman–Crippen LogP) is 6.43. The molecule has 3 heterocycles. The molecule has 0 bridgehead atoms. The van der Waals surface area contributed by atoms with Gasteiger partial charge in [0, 0.05) is 17.4 Å². The van der Waals surface area contributed by atoms with Crippen molar-refractivity contribution in [1.82, 2.24) is 19.2 Å². The maximum Gasteiger partial charge on any atom is 0.322 e. The molecule has 0 unspecified atom stereocenters. The summed E-state index contributed by atoms with van der Waals surface area (Å²) in [7, 11) is 1.65. The minimum Gasteiger partial charge on any atom is -0.497 e. The van der Waals surface area contributed by atoms with E-state index >= 15 is 0 Å². The van der Waals surface area contributed by atoms with E-state index < -0.39 is 0 Å². The second kappa shape index (κ2) is 9.59. The van der Waals surface area contributed by atoms with E-state index in [0.29, 0.717) is 6.54 Å². The molecule has 0 fully saturated rings. The van der Waals surface area contributed by atoms with Gasteiger partial charge in [-0.05, 0) is 73.5 Å². The van der Waals surface area contributed by atoms with Gasteiger partial charge in [-0.3, -0.25) is 0 Å². The number of methoxy groups -OCH3 is 1. The molecule has 3 aromatic carbocycles. The van der Waals surface area contributed by atoms with E-state index in [-0.39, 0.29) is 12.1 Å². The van der Waals surface area contributed by atoms with Gasteiger partial charge in [0.2, 0.25) is 0 Å². The Morgan fingerprint density at radius 2 is 1.74 bits per heavy atom. The van der Waals surface area contributed by atoms with Crippen LogP contribution in [-0.2, 0) is 6.54 Å². The predicted molar refractivity (Wildman–Crippen MR) is 148 cm³/mol. The molecule has 0 spiro atoms. The summed E-state index contributed by atoms with van der Waals surface area (Å²) in [6.07, 6.45) is 2.05. The van der Waals surface area contributed by atoms with Crippen LogP contribution in [0.3, 0.4) is 0 Å². The van der Waals surface area contributed by atoms with Crippen molar-refractivity contribution in [1.29, 1.82) is 0 Å². The standard InChI is InChI=1S/C31H29N5O2/c1-21-9-7-10-24(19-21)32-31(37)35-20-27-22(2)33-36(25-11-5-4-6-12-25)30(27)34-18-8-13-28(34)29(35)23-14-16-26(38-3)17-15-23/h4-19,29H,20H2,1-3H3,(H,32,37)/t29-/m0/s1. The quantitative estimate of drug-likeness (QED) is 0.308. The van der Waals surface area contributed by atoms with Gasteiger partial charge in [0.15, 0.2) is 0 Å². The van der Waals surface area contributed by atoms with Gasteiger partial charge < -0.3 is 19.5 Å². The maximum atomic E-state index is 14.0. The first kappa shape index (κ1) is 23.6. The molecule has 1 atom stereocenters.